The van der Waals surface area contributed by atoms with Crippen LogP contribution in [0.5, 0.6) is 0 Å². The summed E-state index contributed by atoms with van der Waals surface area (Å²) in [6.07, 6.45) is 3.79. The van der Waals surface area contributed by atoms with Gasteiger partial charge >= 0.3 is 0 Å². The first-order valence-corrected chi connectivity index (χ1v) is 9.08. The van der Waals surface area contributed by atoms with Crippen LogP contribution in [0.15, 0.2) is 22.2 Å². The fraction of sp³-hybridized carbons (Fsp3) is 0.286. The summed E-state index contributed by atoms with van der Waals surface area (Å²) in [6, 6.07) is 0. The predicted molar refractivity (Wildman–Crippen MR) is 91.3 cm³/mol. The molecule has 0 amide bonds. The van der Waals surface area contributed by atoms with Gasteiger partial charge < -0.3 is 0 Å². The molecule has 3 aromatic rings. The Morgan fingerprint density at radius 2 is 2.18 bits per heavy atom. The van der Waals surface area contributed by atoms with Crippen molar-refractivity contribution in [3.05, 3.63) is 38.0 Å². The van der Waals surface area contributed by atoms with Crippen molar-refractivity contribution in [2.75, 3.05) is 0 Å². The molecule has 0 saturated heterocycles. The Balaban J connectivity index is 1.69. The van der Waals surface area contributed by atoms with Crippen LogP contribution >= 0.6 is 38.6 Å². The van der Waals surface area contributed by atoms with Gasteiger partial charge in [0.2, 0.25) is 0 Å². The highest BCUT2D eigenvalue weighted by Crippen LogP contribution is 2.30. The fourth-order valence-electron chi connectivity index (χ4n) is 2.10. The lowest BCUT2D eigenvalue weighted by Crippen LogP contribution is -2.12. The molecule has 0 saturated carbocycles. The summed E-state index contributed by atoms with van der Waals surface area (Å²) in [5.41, 5.74) is 1.91. The maximum atomic E-state index is 12.1. The van der Waals surface area contributed by atoms with E-state index < -0.39 is 0 Å². The van der Waals surface area contributed by atoms with Crippen LogP contribution in [0.4, 0.5) is 0 Å². The van der Waals surface area contributed by atoms with Gasteiger partial charge in [0.25, 0.3) is 0 Å². The summed E-state index contributed by atoms with van der Waals surface area (Å²) >= 11 is 6.47. The second-order valence-corrected chi connectivity index (χ2v) is 7.91. The van der Waals surface area contributed by atoms with Crippen LogP contribution in [-0.2, 0) is 17.8 Å². The van der Waals surface area contributed by atoms with Gasteiger partial charge in [-0.2, -0.15) is 5.10 Å². The molecule has 3 heterocycles. The van der Waals surface area contributed by atoms with E-state index in [1.165, 1.54) is 11.3 Å². The summed E-state index contributed by atoms with van der Waals surface area (Å²) in [5.74, 6) is 0.0914. The molecular formula is C14H13BrN4OS2. The molecule has 0 aliphatic carbocycles. The monoisotopic (exact) mass is 396 g/mol. The summed E-state index contributed by atoms with van der Waals surface area (Å²) in [4.78, 5) is 22.2. The molecule has 114 valence electrons. The van der Waals surface area contributed by atoms with Crippen molar-refractivity contribution in [2.45, 2.75) is 26.8 Å². The van der Waals surface area contributed by atoms with Crippen LogP contribution in [0, 0.1) is 13.8 Å². The van der Waals surface area contributed by atoms with Gasteiger partial charge in [-0.25, -0.2) is 9.97 Å². The number of hydrogen-bond acceptors (Lipinski definition) is 6. The molecule has 0 atom stereocenters. The van der Waals surface area contributed by atoms with E-state index >= 15 is 0 Å². The summed E-state index contributed by atoms with van der Waals surface area (Å²) in [7, 11) is 0. The van der Waals surface area contributed by atoms with Gasteiger partial charge in [0, 0.05) is 11.6 Å². The van der Waals surface area contributed by atoms with Gasteiger partial charge in [-0.15, -0.1) is 22.7 Å². The fourth-order valence-corrected chi connectivity index (χ4v) is 4.19. The molecule has 0 aliphatic heterocycles. The first-order valence-electron chi connectivity index (χ1n) is 6.59. The molecule has 0 bridgehead atoms. The molecular weight excluding hydrogens is 384 g/mol. The van der Waals surface area contributed by atoms with E-state index in [2.05, 4.69) is 31.0 Å². The second kappa shape index (κ2) is 6.39. The number of rotatable bonds is 5. The van der Waals surface area contributed by atoms with Gasteiger partial charge in [0.15, 0.2) is 5.78 Å². The number of aryl methyl sites for hydroxylation is 2. The molecule has 22 heavy (non-hydrogen) atoms. The van der Waals surface area contributed by atoms with Gasteiger partial charge in [-0.05, 0) is 29.8 Å². The number of Topliss-reactive ketones (excluding diaryl/α,β-unsaturated/α-hetero) is 1. The number of thiazole rings is 2. The van der Waals surface area contributed by atoms with Crippen LogP contribution in [0.1, 0.15) is 15.7 Å². The molecule has 0 fully saturated rings. The van der Waals surface area contributed by atoms with E-state index in [1.807, 2.05) is 19.2 Å². The molecule has 0 N–H and O–H groups in total. The van der Waals surface area contributed by atoms with Gasteiger partial charge in [-0.3, -0.25) is 9.48 Å². The van der Waals surface area contributed by atoms with Crippen LogP contribution in [0.3, 0.4) is 0 Å². The molecule has 5 nitrogen and oxygen atoms in total. The Morgan fingerprint density at radius 3 is 2.82 bits per heavy atom. The molecule has 3 aromatic heterocycles. The highest BCUT2D eigenvalue weighted by atomic mass is 79.9. The van der Waals surface area contributed by atoms with Crippen molar-refractivity contribution < 1.29 is 4.79 Å². The highest BCUT2D eigenvalue weighted by Gasteiger charge is 2.14. The van der Waals surface area contributed by atoms with Crippen molar-refractivity contribution in [2.24, 2.45) is 0 Å². The quantitative estimate of drug-likeness (QED) is 0.660. The zero-order valence-corrected chi connectivity index (χ0v) is 15.3. The van der Waals surface area contributed by atoms with Crippen molar-refractivity contribution in [1.82, 2.24) is 19.7 Å². The molecule has 3 rings (SSSR count). The number of nitrogens with zero attached hydrogens (tertiary/aromatic N) is 4. The Morgan fingerprint density at radius 1 is 1.36 bits per heavy atom. The Bertz CT molecular complexity index is 821. The largest absolute Gasteiger partial charge is 0.297 e. The van der Waals surface area contributed by atoms with Crippen molar-refractivity contribution in [3.8, 4) is 10.6 Å². The lowest BCUT2D eigenvalue weighted by atomic mass is 10.3. The van der Waals surface area contributed by atoms with Crippen LogP contribution in [0.25, 0.3) is 10.6 Å². The van der Waals surface area contributed by atoms with Crippen LogP contribution in [-0.4, -0.2) is 25.5 Å². The number of ketones is 1. The molecule has 0 spiro atoms. The molecule has 0 radical (unpaired) electrons. The maximum Gasteiger partial charge on any atom is 0.161 e. The van der Waals surface area contributed by atoms with Crippen molar-refractivity contribution in [3.63, 3.8) is 0 Å². The van der Waals surface area contributed by atoms with Crippen molar-refractivity contribution >= 4 is 44.4 Å². The van der Waals surface area contributed by atoms with E-state index in [9.17, 15) is 4.79 Å². The number of halogens is 1. The summed E-state index contributed by atoms with van der Waals surface area (Å²) < 4.78 is 2.49. The predicted octanol–water partition coefficient (Wildman–Crippen LogP) is 3.65. The molecule has 0 aliphatic rings. The lowest BCUT2D eigenvalue weighted by Gasteiger charge is -1.98. The van der Waals surface area contributed by atoms with Gasteiger partial charge in [-0.1, -0.05) is 0 Å². The minimum atomic E-state index is 0.0914. The molecule has 0 aromatic carbocycles. The van der Waals surface area contributed by atoms with Crippen LogP contribution in [0.2, 0.25) is 0 Å². The van der Waals surface area contributed by atoms with E-state index in [-0.39, 0.29) is 12.3 Å². The normalized spacial score (nSPS) is 11.0. The topological polar surface area (TPSA) is 60.7 Å². The Hall–Kier alpha value is -1.38. The van der Waals surface area contributed by atoms with Gasteiger partial charge in [0.05, 0.1) is 44.9 Å². The standard InChI is InChI=1S/C14H13BrN4OS2/c1-8-14(22-9(2)17-8)12-7-21-13(18-12)3-11(20)6-19-5-10(15)4-16-19/h4-5,7H,3,6H2,1-2H3. The number of carbonyl (C=O) groups is 1. The third-order valence-electron chi connectivity index (χ3n) is 2.98. The minimum Gasteiger partial charge on any atom is -0.297 e. The van der Waals surface area contributed by atoms with E-state index in [0.29, 0.717) is 6.42 Å². The van der Waals surface area contributed by atoms with E-state index in [1.54, 1.807) is 28.4 Å². The first-order chi connectivity index (χ1) is 10.5. The average Bonchev–Trinajstić information content (AvgIpc) is 3.12. The smallest absolute Gasteiger partial charge is 0.161 e. The Labute approximate surface area is 144 Å². The molecule has 0 unspecified atom stereocenters. The van der Waals surface area contributed by atoms with E-state index in [0.717, 1.165) is 30.8 Å². The second-order valence-electron chi connectivity index (χ2n) is 4.85. The summed E-state index contributed by atoms with van der Waals surface area (Å²) in [6.45, 7) is 4.23. The Kier molecular flexibility index (Phi) is 4.51. The number of aromatic nitrogens is 4. The lowest BCUT2D eigenvalue weighted by molar-refractivity contribution is -0.119. The minimum absolute atomic E-state index is 0.0914. The number of carbonyl (C=O) groups excluding carboxylic acids is 1. The zero-order chi connectivity index (χ0) is 15.7. The maximum absolute atomic E-state index is 12.1. The third kappa shape index (κ3) is 3.50. The van der Waals surface area contributed by atoms with E-state index in [4.69, 9.17) is 0 Å². The third-order valence-corrected chi connectivity index (χ3v) is 5.33. The first kappa shape index (κ1) is 15.5. The SMILES string of the molecule is Cc1nc(C)c(-c2csc(CC(=O)Cn3cc(Br)cn3)n2)s1. The van der Waals surface area contributed by atoms with Crippen molar-refractivity contribution in [1.29, 1.82) is 0 Å². The average molecular weight is 397 g/mol. The number of hydrogen-bond donors (Lipinski definition) is 0. The highest BCUT2D eigenvalue weighted by molar-refractivity contribution is 9.10. The zero-order valence-electron chi connectivity index (χ0n) is 12.0. The molecule has 8 heteroatoms. The van der Waals surface area contributed by atoms with Crippen LogP contribution < -0.4 is 0 Å². The van der Waals surface area contributed by atoms with Gasteiger partial charge in [0.1, 0.15) is 5.01 Å². The summed E-state index contributed by atoms with van der Waals surface area (Å²) in [5, 5.41) is 7.94.